The molecular formula is C11H14BrNO. The predicted molar refractivity (Wildman–Crippen MR) is 63.6 cm³/mol. The molecule has 76 valence electrons. The van der Waals surface area contributed by atoms with Crippen molar-refractivity contribution in [3.63, 3.8) is 0 Å². The van der Waals surface area contributed by atoms with Crippen molar-refractivity contribution in [3.8, 4) is 0 Å². The molecule has 2 N–H and O–H groups in total. The van der Waals surface area contributed by atoms with Gasteiger partial charge in [-0.2, -0.15) is 0 Å². The summed E-state index contributed by atoms with van der Waals surface area (Å²) >= 11 is 3.46. The molecule has 0 aromatic heterocycles. The van der Waals surface area contributed by atoms with E-state index in [0.717, 1.165) is 10.2 Å². The number of aryl methyl sites for hydroxylation is 1. The summed E-state index contributed by atoms with van der Waals surface area (Å²) in [4.78, 5) is 0. The zero-order valence-electron chi connectivity index (χ0n) is 8.13. The van der Waals surface area contributed by atoms with Gasteiger partial charge in [-0.05, 0) is 40.5 Å². The number of aliphatic hydroxyl groups is 1. The second-order valence-electron chi connectivity index (χ2n) is 3.15. The summed E-state index contributed by atoms with van der Waals surface area (Å²) in [6.45, 7) is 5.72. The van der Waals surface area contributed by atoms with Gasteiger partial charge < -0.3 is 10.4 Å². The van der Waals surface area contributed by atoms with Crippen molar-refractivity contribution in [3.05, 3.63) is 40.9 Å². The minimum absolute atomic E-state index is 0.0455. The van der Waals surface area contributed by atoms with Crippen LogP contribution in [0.1, 0.15) is 5.56 Å². The minimum atomic E-state index is -0.103. The van der Waals surface area contributed by atoms with Gasteiger partial charge in [0, 0.05) is 10.2 Å². The molecule has 0 fully saturated rings. The normalized spacial score (nSPS) is 12.2. The van der Waals surface area contributed by atoms with Gasteiger partial charge in [-0.3, -0.25) is 0 Å². The lowest BCUT2D eigenvalue weighted by molar-refractivity contribution is 0.291. The average molecular weight is 256 g/mol. The van der Waals surface area contributed by atoms with E-state index in [1.165, 1.54) is 5.56 Å². The van der Waals surface area contributed by atoms with E-state index in [1.807, 2.05) is 25.1 Å². The standard InChI is InChI=1S/C11H14BrNO/c1-3-9(7-14)13-11-5-4-8(2)6-10(11)12/h3-6,9,13-14H,1,7H2,2H3. The Balaban J connectivity index is 2.80. The fraction of sp³-hybridized carbons (Fsp3) is 0.273. The van der Waals surface area contributed by atoms with E-state index in [1.54, 1.807) is 6.08 Å². The van der Waals surface area contributed by atoms with Gasteiger partial charge in [-0.15, -0.1) is 6.58 Å². The Morgan fingerprint density at radius 1 is 1.64 bits per heavy atom. The molecule has 0 aliphatic carbocycles. The van der Waals surface area contributed by atoms with Crippen LogP contribution in [-0.2, 0) is 0 Å². The first-order valence-corrected chi connectivity index (χ1v) is 5.22. The van der Waals surface area contributed by atoms with Crippen molar-refractivity contribution in [2.45, 2.75) is 13.0 Å². The lowest BCUT2D eigenvalue weighted by atomic mass is 10.2. The fourth-order valence-corrected chi connectivity index (χ4v) is 1.72. The largest absolute Gasteiger partial charge is 0.394 e. The molecule has 14 heavy (non-hydrogen) atoms. The summed E-state index contributed by atoms with van der Waals surface area (Å²) < 4.78 is 0.998. The number of hydrogen-bond donors (Lipinski definition) is 2. The maximum Gasteiger partial charge on any atom is 0.0673 e. The molecule has 1 unspecified atom stereocenters. The number of anilines is 1. The Bertz CT molecular complexity index is 325. The number of nitrogens with one attached hydrogen (secondary N) is 1. The smallest absolute Gasteiger partial charge is 0.0673 e. The number of rotatable bonds is 4. The maximum absolute atomic E-state index is 8.98. The van der Waals surface area contributed by atoms with E-state index >= 15 is 0 Å². The van der Waals surface area contributed by atoms with Gasteiger partial charge >= 0.3 is 0 Å². The van der Waals surface area contributed by atoms with Crippen molar-refractivity contribution in [2.24, 2.45) is 0 Å². The number of hydrogen-bond acceptors (Lipinski definition) is 2. The third kappa shape index (κ3) is 2.86. The van der Waals surface area contributed by atoms with Crippen LogP contribution < -0.4 is 5.32 Å². The van der Waals surface area contributed by atoms with E-state index in [0.29, 0.717) is 0 Å². The molecule has 1 rings (SSSR count). The highest BCUT2D eigenvalue weighted by atomic mass is 79.9. The molecule has 2 nitrogen and oxygen atoms in total. The Hall–Kier alpha value is -0.800. The van der Waals surface area contributed by atoms with Crippen LogP contribution in [-0.4, -0.2) is 17.8 Å². The summed E-state index contributed by atoms with van der Waals surface area (Å²) in [5.74, 6) is 0. The van der Waals surface area contributed by atoms with Crippen LogP contribution in [0.5, 0.6) is 0 Å². The lowest BCUT2D eigenvalue weighted by Crippen LogP contribution is -2.20. The molecule has 1 atom stereocenters. The molecular weight excluding hydrogens is 242 g/mol. The van der Waals surface area contributed by atoms with E-state index in [2.05, 4.69) is 27.8 Å². The van der Waals surface area contributed by atoms with Crippen LogP contribution in [0.4, 0.5) is 5.69 Å². The van der Waals surface area contributed by atoms with Gasteiger partial charge in [-0.25, -0.2) is 0 Å². The van der Waals surface area contributed by atoms with E-state index in [9.17, 15) is 0 Å². The summed E-state index contributed by atoms with van der Waals surface area (Å²) in [7, 11) is 0. The highest BCUT2D eigenvalue weighted by Gasteiger charge is 2.04. The second-order valence-corrected chi connectivity index (χ2v) is 4.01. The molecule has 0 amide bonds. The molecule has 3 heteroatoms. The molecule has 0 saturated carbocycles. The van der Waals surface area contributed by atoms with Crippen LogP contribution in [0.15, 0.2) is 35.3 Å². The van der Waals surface area contributed by atoms with Gasteiger partial charge in [0.15, 0.2) is 0 Å². The molecule has 1 aromatic carbocycles. The highest BCUT2D eigenvalue weighted by Crippen LogP contribution is 2.23. The molecule has 0 radical (unpaired) electrons. The van der Waals surface area contributed by atoms with E-state index in [-0.39, 0.29) is 12.6 Å². The van der Waals surface area contributed by atoms with Gasteiger partial charge in [0.05, 0.1) is 12.6 Å². The summed E-state index contributed by atoms with van der Waals surface area (Å²) in [6.07, 6.45) is 1.69. The Morgan fingerprint density at radius 2 is 2.36 bits per heavy atom. The average Bonchev–Trinajstić information content (AvgIpc) is 2.17. The molecule has 0 aliphatic heterocycles. The summed E-state index contributed by atoms with van der Waals surface area (Å²) in [6, 6.07) is 5.92. The van der Waals surface area contributed by atoms with Crippen molar-refractivity contribution in [2.75, 3.05) is 11.9 Å². The van der Waals surface area contributed by atoms with E-state index in [4.69, 9.17) is 5.11 Å². The van der Waals surface area contributed by atoms with Gasteiger partial charge in [0.2, 0.25) is 0 Å². The van der Waals surface area contributed by atoms with Crippen molar-refractivity contribution in [1.29, 1.82) is 0 Å². The SMILES string of the molecule is C=CC(CO)Nc1ccc(C)cc1Br. The summed E-state index contributed by atoms with van der Waals surface area (Å²) in [5, 5.41) is 12.1. The molecule has 0 heterocycles. The van der Waals surface area contributed by atoms with Crippen molar-refractivity contribution in [1.82, 2.24) is 0 Å². The predicted octanol–water partition coefficient (Wildman–Crippen LogP) is 2.72. The first-order chi connectivity index (χ1) is 6.67. The molecule has 0 saturated heterocycles. The number of halogens is 1. The molecule has 0 spiro atoms. The third-order valence-corrected chi connectivity index (χ3v) is 2.60. The van der Waals surface area contributed by atoms with Crippen molar-refractivity contribution >= 4 is 21.6 Å². The zero-order valence-corrected chi connectivity index (χ0v) is 9.71. The highest BCUT2D eigenvalue weighted by molar-refractivity contribution is 9.10. The molecule has 0 bridgehead atoms. The first-order valence-electron chi connectivity index (χ1n) is 4.43. The first kappa shape index (κ1) is 11.3. The minimum Gasteiger partial charge on any atom is -0.394 e. The van der Waals surface area contributed by atoms with Crippen LogP contribution in [0.3, 0.4) is 0 Å². The Morgan fingerprint density at radius 3 is 2.86 bits per heavy atom. The maximum atomic E-state index is 8.98. The zero-order chi connectivity index (χ0) is 10.6. The molecule has 0 aliphatic rings. The lowest BCUT2D eigenvalue weighted by Gasteiger charge is -2.14. The summed E-state index contributed by atoms with van der Waals surface area (Å²) in [5.41, 5.74) is 2.16. The number of benzene rings is 1. The van der Waals surface area contributed by atoms with Gasteiger partial charge in [0.25, 0.3) is 0 Å². The Labute approximate surface area is 92.8 Å². The topological polar surface area (TPSA) is 32.3 Å². The van der Waals surface area contributed by atoms with Gasteiger partial charge in [0.1, 0.15) is 0 Å². The van der Waals surface area contributed by atoms with Gasteiger partial charge in [-0.1, -0.05) is 12.1 Å². The Kier molecular flexibility index (Phi) is 4.17. The monoisotopic (exact) mass is 255 g/mol. The van der Waals surface area contributed by atoms with Crippen LogP contribution in [0.2, 0.25) is 0 Å². The van der Waals surface area contributed by atoms with Crippen LogP contribution in [0, 0.1) is 6.92 Å². The second kappa shape index (κ2) is 5.17. The van der Waals surface area contributed by atoms with Crippen molar-refractivity contribution < 1.29 is 5.11 Å². The molecule has 1 aromatic rings. The quantitative estimate of drug-likeness (QED) is 0.812. The van der Waals surface area contributed by atoms with E-state index < -0.39 is 0 Å². The van der Waals surface area contributed by atoms with Crippen LogP contribution >= 0.6 is 15.9 Å². The van der Waals surface area contributed by atoms with Crippen LogP contribution in [0.25, 0.3) is 0 Å². The number of aliphatic hydroxyl groups excluding tert-OH is 1. The third-order valence-electron chi connectivity index (χ3n) is 1.95. The fourth-order valence-electron chi connectivity index (χ4n) is 1.12.